The van der Waals surface area contributed by atoms with Crippen LogP contribution in [0.2, 0.25) is 0 Å². The molecule has 0 N–H and O–H groups in total. The van der Waals surface area contributed by atoms with Crippen molar-refractivity contribution in [2.75, 3.05) is 0 Å². The topological polar surface area (TPSA) is 56.0 Å². The highest BCUT2D eigenvalue weighted by molar-refractivity contribution is 6.15. The van der Waals surface area contributed by atoms with E-state index >= 15 is 0 Å². The van der Waals surface area contributed by atoms with Gasteiger partial charge in [-0.1, -0.05) is 38.1 Å². The van der Waals surface area contributed by atoms with Crippen molar-refractivity contribution in [2.24, 2.45) is 4.99 Å². The number of pyridine rings is 2. The fourth-order valence-electron chi connectivity index (χ4n) is 4.42. The lowest BCUT2D eigenvalue weighted by atomic mass is 9.79. The van der Waals surface area contributed by atoms with Crippen LogP contribution in [0.4, 0.5) is 5.69 Å². The third-order valence-electron chi connectivity index (χ3n) is 5.96. The maximum absolute atomic E-state index is 5.08. The van der Waals surface area contributed by atoms with Gasteiger partial charge in [-0.3, -0.25) is 15.0 Å². The quantitative estimate of drug-likeness (QED) is 0.407. The number of hydrogen-bond acceptors (Lipinski definition) is 4. The van der Waals surface area contributed by atoms with Crippen LogP contribution in [0.25, 0.3) is 27.5 Å². The monoisotopic (exact) mass is 389 g/mol. The summed E-state index contributed by atoms with van der Waals surface area (Å²) < 4.78 is 1.89. The number of hydrogen-bond donors (Lipinski definition) is 0. The molecular formula is C25H19N5. The summed E-state index contributed by atoms with van der Waals surface area (Å²) >= 11 is 0. The van der Waals surface area contributed by atoms with Gasteiger partial charge in [0, 0.05) is 40.3 Å². The second kappa shape index (κ2) is 6.07. The first-order chi connectivity index (χ1) is 14.6. The van der Waals surface area contributed by atoms with Gasteiger partial charge < -0.3 is 0 Å². The predicted octanol–water partition coefficient (Wildman–Crippen LogP) is 5.38. The van der Waals surface area contributed by atoms with Gasteiger partial charge in [0.1, 0.15) is 0 Å². The third-order valence-corrected chi connectivity index (χ3v) is 5.96. The van der Waals surface area contributed by atoms with E-state index in [1.165, 1.54) is 5.56 Å². The molecule has 0 amide bonds. The molecule has 1 aliphatic heterocycles. The Morgan fingerprint density at radius 3 is 2.63 bits per heavy atom. The van der Waals surface area contributed by atoms with Gasteiger partial charge in [-0.15, -0.1) is 0 Å². The molecule has 0 saturated carbocycles. The number of fused-ring (bicyclic) bond motifs is 4. The molecule has 0 saturated heterocycles. The highest BCUT2D eigenvalue weighted by Crippen LogP contribution is 2.45. The van der Waals surface area contributed by atoms with E-state index in [2.05, 4.69) is 65.4 Å². The minimum Gasteiger partial charge on any atom is -0.256 e. The van der Waals surface area contributed by atoms with E-state index in [9.17, 15) is 0 Å². The first-order valence-corrected chi connectivity index (χ1v) is 9.99. The molecule has 0 unspecified atom stereocenters. The Balaban J connectivity index is 1.50. The molecule has 0 spiro atoms. The second-order valence-corrected chi connectivity index (χ2v) is 8.14. The van der Waals surface area contributed by atoms with E-state index in [4.69, 9.17) is 4.99 Å². The van der Waals surface area contributed by atoms with Gasteiger partial charge in [0.05, 0.1) is 34.3 Å². The van der Waals surface area contributed by atoms with Gasteiger partial charge in [0.15, 0.2) is 0 Å². The van der Waals surface area contributed by atoms with E-state index in [1.807, 2.05) is 47.5 Å². The van der Waals surface area contributed by atoms with Gasteiger partial charge in [0.2, 0.25) is 0 Å². The highest BCUT2D eigenvalue weighted by Gasteiger charge is 2.37. The molecule has 4 heterocycles. The van der Waals surface area contributed by atoms with Crippen molar-refractivity contribution in [1.82, 2.24) is 19.7 Å². The summed E-state index contributed by atoms with van der Waals surface area (Å²) in [6.45, 7) is 4.44. The van der Waals surface area contributed by atoms with Crippen LogP contribution in [-0.4, -0.2) is 25.5 Å². The Morgan fingerprint density at radius 1 is 0.867 bits per heavy atom. The van der Waals surface area contributed by atoms with Crippen LogP contribution >= 0.6 is 0 Å². The molecule has 0 bridgehead atoms. The molecule has 144 valence electrons. The van der Waals surface area contributed by atoms with Gasteiger partial charge in [-0.25, -0.2) is 4.68 Å². The van der Waals surface area contributed by atoms with Crippen molar-refractivity contribution in [3.63, 3.8) is 0 Å². The van der Waals surface area contributed by atoms with Crippen LogP contribution in [0.1, 0.15) is 25.0 Å². The summed E-state index contributed by atoms with van der Waals surface area (Å²) in [7, 11) is 0. The molecule has 5 nitrogen and oxygen atoms in total. The summed E-state index contributed by atoms with van der Waals surface area (Å²) in [5.41, 5.74) is 6.91. The van der Waals surface area contributed by atoms with E-state index in [0.717, 1.165) is 44.5 Å². The molecule has 5 heteroatoms. The van der Waals surface area contributed by atoms with Crippen molar-refractivity contribution < 1.29 is 0 Å². The smallest absolute Gasteiger partial charge is 0.0958 e. The van der Waals surface area contributed by atoms with Crippen LogP contribution in [0, 0.1) is 0 Å². The van der Waals surface area contributed by atoms with Crippen molar-refractivity contribution in [3.8, 4) is 5.69 Å². The molecule has 0 aliphatic carbocycles. The summed E-state index contributed by atoms with van der Waals surface area (Å²) in [6, 6.07) is 18.5. The number of aliphatic imine (C=N–C) groups is 1. The predicted molar refractivity (Wildman–Crippen MR) is 120 cm³/mol. The summed E-state index contributed by atoms with van der Waals surface area (Å²) in [6.07, 6.45) is 7.59. The molecule has 6 rings (SSSR count). The number of benzene rings is 2. The fraction of sp³-hybridized carbons (Fsp3) is 0.120. The molecule has 0 fully saturated rings. The van der Waals surface area contributed by atoms with E-state index < -0.39 is 0 Å². The Bertz CT molecular complexity index is 1470. The van der Waals surface area contributed by atoms with Crippen LogP contribution in [0.3, 0.4) is 0 Å². The zero-order valence-corrected chi connectivity index (χ0v) is 16.7. The van der Waals surface area contributed by atoms with Crippen LogP contribution in [-0.2, 0) is 5.41 Å². The maximum Gasteiger partial charge on any atom is 0.0958 e. The lowest BCUT2D eigenvalue weighted by Gasteiger charge is -2.21. The molecule has 0 radical (unpaired) electrons. The zero-order valence-electron chi connectivity index (χ0n) is 16.7. The van der Waals surface area contributed by atoms with Crippen LogP contribution in [0.5, 0.6) is 0 Å². The van der Waals surface area contributed by atoms with Crippen LogP contribution in [0.15, 0.2) is 84.4 Å². The Morgan fingerprint density at radius 2 is 1.70 bits per heavy atom. The zero-order chi connectivity index (χ0) is 20.3. The highest BCUT2D eigenvalue weighted by atomic mass is 15.3. The number of aromatic nitrogens is 4. The second-order valence-electron chi connectivity index (χ2n) is 8.14. The summed E-state index contributed by atoms with van der Waals surface area (Å²) in [5, 5.41) is 6.84. The van der Waals surface area contributed by atoms with Crippen molar-refractivity contribution in [1.29, 1.82) is 0 Å². The Kier molecular flexibility index (Phi) is 3.45. The van der Waals surface area contributed by atoms with Crippen molar-refractivity contribution in [2.45, 2.75) is 19.3 Å². The van der Waals surface area contributed by atoms with Gasteiger partial charge in [-0.2, -0.15) is 5.10 Å². The molecule has 3 aromatic heterocycles. The Labute approximate surface area is 173 Å². The molecule has 2 aromatic carbocycles. The first-order valence-electron chi connectivity index (χ1n) is 9.99. The maximum atomic E-state index is 5.08. The molecule has 1 aliphatic rings. The number of nitrogens with zero attached hydrogens (tertiary/aromatic N) is 5. The van der Waals surface area contributed by atoms with Gasteiger partial charge in [0.25, 0.3) is 0 Å². The standard InChI is InChI=1S/C25H19N5/c1-25(2)19-10-11-20-18(8-5-12-26-20)23(19)29-24(25)17-14-28-30(15-17)21-9-3-6-16-7-4-13-27-22(16)21/h3-15H,1-2H3. The van der Waals surface area contributed by atoms with Crippen molar-refractivity contribution in [3.05, 3.63) is 90.5 Å². The van der Waals surface area contributed by atoms with Crippen LogP contribution < -0.4 is 0 Å². The van der Waals surface area contributed by atoms with Gasteiger partial charge in [-0.05, 0) is 35.9 Å². The minimum atomic E-state index is -0.218. The molecular weight excluding hydrogens is 370 g/mol. The molecule has 30 heavy (non-hydrogen) atoms. The largest absolute Gasteiger partial charge is 0.256 e. The van der Waals surface area contributed by atoms with E-state index in [0.29, 0.717) is 0 Å². The lowest BCUT2D eigenvalue weighted by molar-refractivity contribution is 0.738. The SMILES string of the molecule is CC1(C)C(c2cnn(-c3cccc4cccnc34)c2)=Nc2c1ccc1ncccc21. The number of para-hydroxylation sites is 1. The average molecular weight is 389 g/mol. The molecule has 0 atom stereocenters. The van der Waals surface area contributed by atoms with Gasteiger partial charge >= 0.3 is 0 Å². The number of rotatable bonds is 2. The minimum absolute atomic E-state index is 0.218. The summed E-state index contributed by atoms with van der Waals surface area (Å²) in [4.78, 5) is 14.1. The fourth-order valence-corrected chi connectivity index (χ4v) is 4.42. The Hall–Kier alpha value is -3.86. The normalized spacial score (nSPS) is 14.8. The summed E-state index contributed by atoms with van der Waals surface area (Å²) in [5.74, 6) is 0. The first kappa shape index (κ1) is 17.0. The lowest BCUT2D eigenvalue weighted by Crippen LogP contribution is -2.26. The van der Waals surface area contributed by atoms with E-state index in [1.54, 1.807) is 0 Å². The van der Waals surface area contributed by atoms with Crippen molar-refractivity contribution >= 4 is 33.2 Å². The van der Waals surface area contributed by atoms with E-state index in [-0.39, 0.29) is 5.41 Å². The average Bonchev–Trinajstić information content (AvgIpc) is 3.35. The molecule has 5 aromatic rings. The third kappa shape index (κ3) is 2.35.